The summed E-state index contributed by atoms with van der Waals surface area (Å²) in [6.45, 7) is 7.77. The lowest BCUT2D eigenvalue weighted by Crippen LogP contribution is -2.56. The highest BCUT2D eigenvalue weighted by molar-refractivity contribution is 6.07. The monoisotopic (exact) mass is 443 g/mol. The van der Waals surface area contributed by atoms with Crippen LogP contribution in [0.25, 0.3) is 0 Å². The number of carbonyl (C=O) groups excluding carboxylic acids is 3. The molecule has 0 aromatic heterocycles. The molecule has 174 valence electrons. The number of fused-ring (bicyclic) bond motifs is 1. The molecule has 1 N–H and O–H groups in total. The Morgan fingerprint density at radius 3 is 2.59 bits per heavy atom. The third kappa shape index (κ3) is 4.02. The molecule has 4 amide bonds. The van der Waals surface area contributed by atoms with E-state index in [0.717, 1.165) is 12.0 Å². The van der Waals surface area contributed by atoms with Crippen molar-refractivity contribution in [1.29, 1.82) is 0 Å². The van der Waals surface area contributed by atoms with Crippen LogP contribution in [0.15, 0.2) is 18.2 Å². The Labute approximate surface area is 189 Å². The molecule has 3 aliphatic rings. The minimum atomic E-state index is -0.904. The molecule has 32 heavy (non-hydrogen) atoms. The van der Waals surface area contributed by atoms with Gasteiger partial charge in [-0.05, 0) is 48.8 Å². The number of imide groups is 1. The summed E-state index contributed by atoms with van der Waals surface area (Å²) in [5.74, 6) is 1.71. The van der Waals surface area contributed by atoms with E-state index >= 15 is 0 Å². The van der Waals surface area contributed by atoms with Crippen molar-refractivity contribution in [2.45, 2.75) is 65.0 Å². The number of piperidine rings is 1. The Kier molecular flexibility index (Phi) is 6.31. The van der Waals surface area contributed by atoms with E-state index < -0.39 is 5.54 Å². The minimum absolute atomic E-state index is 0.0124. The highest BCUT2D eigenvalue weighted by atomic mass is 16.7. The fourth-order valence-electron chi connectivity index (χ4n) is 5.01. The second-order valence-electron chi connectivity index (χ2n) is 9.21. The van der Waals surface area contributed by atoms with E-state index in [2.05, 4.69) is 19.2 Å². The highest BCUT2D eigenvalue weighted by Crippen LogP contribution is 2.38. The zero-order valence-corrected chi connectivity index (χ0v) is 19.2. The standard InChI is InChI=1S/C24H33N3O5/c1-4-16(3)12-21(28)26-10-8-18(9-11-26)24(5-2)22(29)27(23(30)25-24)14-17-6-7-19-20(13-17)32-15-31-19/h6-7,13,16,18H,4-5,8-12,14-15H2,1-3H3,(H,25,30)/t16-,24-/m0/s1. The molecule has 2 atom stereocenters. The summed E-state index contributed by atoms with van der Waals surface area (Å²) in [6, 6.07) is 5.11. The Balaban J connectivity index is 1.43. The lowest BCUT2D eigenvalue weighted by molar-refractivity contribution is -0.136. The van der Waals surface area contributed by atoms with Crippen LogP contribution in [0, 0.1) is 11.8 Å². The number of likely N-dealkylation sites (tertiary alicyclic amines) is 1. The Hall–Kier alpha value is -2.77. The number of rotatable bonds is 7. The third-order valence-electron chi connectivity index (χ3n) is 7.30. The van der Waals surface area contributed by atoms with Gasteiger partial charge < -0.3 is 19.7 Å². The maximum Gasteiger partial charge on any atom is 0.325 e. The first-order chi connectivity index (χ1) is 15.4. The predicted molar refractivity (Wildman–Crippen MR) is 118 cm³/mol. The molecular weight excluding hydrogens is 410 g/mol. The van der Waals surface area contributed by atoms with Crippen LogP contribution in [-0.4, -0.2) is 53.1 Å². The van der Waals surface area contributed by atoms with Crippen LogP contribution in [0.2, 0.25) is 0 Å². The average molecular weight is 444 g/mol. The predicted octanol–water partition coefficient (Wildman–Crippen LogP) is 3.29. The van der Waals surface area contributed by atoms with Gasteiger partial charge >= 0.3 is 6.03 Å². The Morgan fingerprint density at radius 1 is 1.19 bits per heavy atom. The molecule has 2 fully saturated rings. The Morgan fingerprint density at radius 2 is 1.91 bits per heavy atom. The van der Waals surface area contributed by atoms with Crippen molar-refractivity contribution in [3.63, 3.8) is 0 Å². The van der Waals surface area contributed by atoms with E-state index in [-0.39, 0.29) is 37.1 Å². The molecule has 0 radical (unpaired) electrons. The number of amides is 4. The van der Waals surface area contributed by atoms with Crippen molar-refractivity contribution >= 4 is 17.8 Å². The number of carbonyl (C=O) groups is 3. The van der Waals surface area contributed by atoms with Gasteiger partial charge in [-0.25, -0.2) is 4.79 Å². The lowest BCUT2D eigenvalue weighted by atomic mass is 9.75. The topological polar surface area (TPSA) is 88.2 Å². The van der Waals surface area contributed by atoms with Crippen LogP contribution in [0.4, 0.5) is 4.79 Å². The van der Waals surface area contributed by atoms with Crippen LogP contribution in [-0.2, 0) is 16.1 Å². The van der Waals surface area contributed by atoms with Gasteiger partial charge in [0.1, 0.15) is 5.54 Å². The average Bonchev–Trinajstić information content (AvgIpc) is 3.37. The Bertz CT molecular complexity index is 896. The van der Waals surface area contributed by atoms with Crippen molar-refractivity contribution in [1.82, 2.24) is 15.1 Å². The quantitative estimate of drug-likeness (QED) is 0.654. The molecule has 3 heterocycles. The van der Waals surface area contributed by atoms with Crippen molar-refractivity contribution in [2.75, 3.05) is 19.9 Å². The smallest absolute Gasteiger partial charge is 0.325 e. The van der Waals surface area contributed by atoms with Gasteiger partial charge in [0, 0.05) is 19.5 Å². The molecule has 8 heteroatoms. The first kappa shape index (κ1) is 22.4. The largest absolute Gasteiger partial charge is 0.454 e. The van der Waals surface area contributed by atoms with Gasteiger partial charge in [0.05, 0.1) is 6.54 Å². The van der Waals surface area contributed by atoms with Gasteiger partial charge in [-0.2, -0.15) is 0 Å². The molecule has 0 saturated carbocycles. The summed E-state index contributed by atoms with van der Waals surface area (Å²) < 4.78 is 10.8. The van der Waals surface area contributed by atoms with Crippen LogP contribution in [0.3, 0.4) is 0 Å². The SMILES string of the molecule is CC[C@H](C)CC(=O)N1CCC([C@]2(CC)NC(=O)N(Cc3ccc4c(c3)OCO4)C2=O)CC1. The van der Waals surface area contributed by atoms with Crippen molar-refractivity contribution in [3.05, 3.63) is 23.8 Å². The summed E-state index contributed by atoms with van der Waals surface area (Å²) in [5.41, 5.74) is -0.0886. The minimum Gasteiger partial charge on any atom is -0.454 e. The molecule has 0 aliphatic carbocycles. The molecule has 1 aromatic carbocycles. The van der Waals surface area contributed by atoms with Crippen molar-refractivity contribution in [2.24, 2.45) is 11.8 Å². The van der Waals surface area contributed by atoms with Gasteiger partial charge in [-0.1, -0.05) is 33.3 Å². The highest BCUT2D eigenvalue weighted by Gasteiger charge is 2.54. The van der Waals surface area contributed by atoms with Gasteiger partial charge in [-0.15, -0.1) is 0 Å². The van der Waals surface area contributed by atoms with Gasteiger partial charge in [-0.3, -0.25) is 14.5 Å². The van der Waals surface area contributed by atoms with Crippen LogP contribution < -0.4 is 14.8 Å². The maximum absolute atomic E-state index is 13.5. The zero-order valence-electron chi connectivity index (χ0n) is 19.2. The van der Waals surface area contributed by atoms with E-state index in [4.69, 9.17) is 9.47 Å². The fraction of sp³-hybridized carbons (Fsp3) is 0.625. The number of nitrogens with one attached hydrogen (secondary N) is 1. The molecular formula is C24H33N3O5. The molecule has 2 saturated heterocycles. The molecule has 8 nitrogen and oxygen atoms in total. The molecule has 0 unspecified atom stereocenters. The van der Waals surface area contributed by atoms with Gasteiger partial charge in [0.2, 0.25) is 12.7 Å². The number of ether oxygens (including phenoxy) is 2. The number of hydrogen-bond acceptors (Lipinski definition) is 5. The van der Waals surface area contributed by atoms with Crippen molar-refractivity contribution < 1.29 is 23.9 Å². The number of benzene rings is 1. The van der Waals surface area contributed by atoms with E-state index in [1.54, 1.807) is 6.07 Å². The number of nitrogens with zero attached hydrogens (tertiary/aromatic N) is 2. The first-order valence-electron chi connectivity index (χ1n) is 11.7. The lowest BCUT2D eigenvalue weighted by Gasteiger charge is -2.40. The van der Waals surface area contributed by atoms with Crippen molar-refractivity contribution in [3.8, 4) is 11.5 Å². The van der Waals surface area contributed by atoms with E-state index in [0.29, 0.717) is 56.2 Å². The van der Waals surface area contributed by atoms with Crippen LogP contribution in [0.5, 0.6) is 11.5 Å². The maximum atomic E-state index is 13.5. The van der Waals surface area contributed by atoms with Crippen LogP contribution in [0.1, 0.15) is 58.4 Å². The number of hydrogen-bond donors (Lipinski definition) is 1. The number of urea groups is 1. The fourth-order valence-corrected chi connectivity index (χ4v) is 5.01. The second kappa shape index (κ2) is 9.00. The molecule has 1 aromatic rings. The van der Waals surface area contributed by atoms with Crippen LogP contribution >= 0.6 is 0 Å². The van der Waals surface area contributed by atoms with E-state index in [9.17, 15) is 14.4 Å². The third-order valence-corrected chi connectivity index (χ3v) is 7.30. The zero-order chi connectivity index (χ0) is 22.9. The summed E-state index contributed by atoms with van der Waals surface area (Å²) in [4.78, 5) is 42.1. The van der Waals surface area contributed by atoms with E-state index in [1.165, 1.54) is 4.90 Å². The molecule has 4 rings (SSSR count). The molecule has 0 bridgehead atoms. The first-order valence-corrected chi connectivity index (χ1v) is 11.7. The van der Waals surface area contributed by atoms with E-state index in [1.807, 2.05) is 24.0 Å². The molecule has 3 aliphatic heterocycles. The normalized spacial score (nSPS) is 24.1. The second-order valence-corrected chi connectivity index (χ2v) is 9.21. The van der Waals surface area contributed by atoms with Gasteiger partial charge in [0.15, 0.2) is 11.5 Å². The van der Waals surface area contributed by atoms with Gasteiger partial charge in [0.25, 0.3) is 5.91 Å². The summed E-state index contributed by atoms with van der Waals surface area (Å²) in [7, 11) is 0. The summed E-state index contributed by atoms with van der Waals surface area (Å²) in [6.07, 6.45) is 3.51. The summed E-state index contributed by atoms with van der Waals surface area (Å²) in [5, 5.41) is 3.02. The summed E-state index contributed by atoms with van der Waals surface area (Å²) >= 11 is 0. The molecule has 0 spiro atoms.